The van der Waals surface area contributed by atoms with Crippen LogP contribution in [0.15, 0.2) is 54.7 Å². The van der Waals surface area contributed by atoms with Crippen molar-refractivity contribution in [2.75, 3.05) is 20.2 Å². The number of carbonyl (C=O) groups is 1. The molecule has 1 N–H and O–H groups in total. The smallest absolute Gasteiger partial charge is 0.260 e. The third-order valence-corrected chi connectivity index (χ3v) is 4.20. The number of carbonyl (C=O) groups excluding carboxylic acids is 1. The summed E-state index contributed by atoms with van der Waals surface area (Å²) in [6.45, 7) is 2.75. The molecule has 0 unspecified atom stereocenters. The Kier molecular flexibility index (Phi) is 4.85. The average Bonchev–Trinajstić information content (AvgIpc) is 3.02. The Morgan fingerprint density at radius 1 is 1.12 bits per heavy atom. The summed E-state index contributed by atoms with van der Waals surface area (Å²) >= 11 is 0. The van der Waals surface area contributed by atoms with E-state index in [0.29, 0.717) is 6.54 Å². The largest absolute Gasteiger partial charge is 0.484 e. The van der Waals surface area contributed by atoms with Crippen LogP contribution in [0.1, 0.15) is 11.1 Å². The fraction of sp³-hybridized carbons (Fsp3) is 0.250. The number of benzene rings is 2. The van der Waals surface area contributed by atoms with E-state index >= 15 is 0 Å². The molecule has 3 rings (SSSR count). The van der Waals surface area contributed by atoms with Crippen molar-refractivity contribution < 1.29 is 9.53 Å². The van der Waals surface area contributed by atoms with Crippen LogP contribution in [0.25, 0.3) is 10.9 Å². The Labute approximate surface area is 142 Å². The second-order valence-electron chi connectivity index (χ2n) is 6.03. The van der Waals surface area contributed by atoms with Crippen LogP contribution < -0.4 is 4.74 Å². The first-order valence-electron chi connectivity index (χ1n) is 8.12. The maximum Gasteiger partial charge on any atom is 0.260 e. The van der Waals surface area contributed by atoms with Gasteiger partial charge in [-0.15, -0.1) is 0 Å². The standard InChI is InChI=1S/C20H22N2O2/c1-15-7-9-17(10-8-15)24-14-20(23)22(2)12-11-16-13-21-19-6-4-3-5-18(16)19/h3-10,13,21H,11-12,14H2,1-2H3. The summed E-state index contributed by atoms with van der Waals surface area (Å²) in [5, 5.41) is 1.22. The predicted octanol–water partition coefficient (Wildman–Crippen LogP) is 3.56. The summed E-state index contributed by atoms with van der Waals surface area (Å²) in [6.07, 6.45) is 2.84. The lowest BCUT2D eigenvalue weighted by Gasteiger charge is -2.17. The molecule has 0 aliphatic rings. The first kappa shape index (κ1) is 16.1. The number of rotatable bonds is 6. The number of para-hydroxylation sites is 1. The summed E-state index contributed by atoms with van der Waals surface area (Å²) in [7, 11) is 1.82. The van der Waals surface area contributed by atoms with Gasteiger partial charge in [-0.05, 0) is 37.1 Å². The highest BCUT2D eigenvalue weighted by molar-refractivity contribution is 5.83. The quantitative estimate of drug-likeness (QED) is 0.754. The number of nitrogens with zero attached hydrogens (tertiary/aromatic N) is 1. The third kappa shape index (κ3) is 3.77. The van der Waals surface area contributed by atoms with Crippen molar-refractivity contribution in [3.05, 3.63) is 65.9 Å². The van der Waals surface area contributed by atoms with E-state index in [1.807, 2.05) is 56.6 Å². The molecule has 0 fully saturated rings. The van der Waals surface area contributed by atoms with Gasteiger partial charge in [-0.25, -0.2) is 0 Å². The van der Waals surface area contributed by atoms with Gasteiger partial charge in [0.25, 0.3) is 5.91 Å². The normalized spacial score (nSPS) is 10.8. The molecule has 24 heavy (non-hydrogen) atoms. The minimum atomic E-state index is -0.0181. The van der Waals surface area contributed by atoms with Gasteiger partial charge in [-0.1, -0.05) is 35.9 Å². The Balaban J connectivity index is 1.51. The molecule has 0 aliphatic heterocycles. The van der Waals surface area contributed by atoms with E-state index in [4.69, 9.17) is 4.74 Å². The van der Waals surface area contributed by atoms with Crippen molar-refractivity contribution in [3.8, 4) is 5.75 Å². The number of nitrogens with one attached hydrogen (secondary N) is 1. The van der Waals surface area contributed by atoms with E-state index in [0.717, 1.165) is 17.7 Å². The lowest BCUT2D eigenvalue weighted by molar-refractivity contribution is -0.132. The minimum Gasteiger partial charge on any atom is -0.484 e. The Morgan fingerprint density at radius 2 is 1.88 bits per heavy atom. The summed E-state index contributed by atoms with van der Waals surface area (Å²) in [5.41, 5.74) is 3.53. The third-order valence-electron chi connectivity index (χ3n) is 4.20. The molecule has 0 saturated carbocycles. The van der Waals surface area contributed by atoms with Crippen molar-refractivity contribution in [2.24, 2.45) is 0 Å². The lowest BCUT2D eigenvalue weighted by Crippen LogP contribution is -2.33. The summed E-state index contributed by atoms with van der Waals surface area (Å²) in [5.74, 6) is 0.703. The number of ether oxygens (including phenoxy) is 1. The summed E-state index contributed by atoms with van der Waals surface area (Å²) < 4.78 is 5.55. The second kappa shape index (κ2) is 7.21. The van der Waals surface area contributed by atoms with Gasteiger partial charge in [0.2, 0.25) is 0 Å². The Bertz CT molecular complexity index is 821. The molecule has 0 radical (unpaired) electrons. The van der Waals surface area contributed by atoms with Crippen molar-refractivity contribution >= 4 is 16.8 Å². The van der Waals surface area contributed by atoms with E-state index in [1.54, 1.807) is 4.90 Å². The Hall–Kier alpha value is -2.75. The maximum absolute atomic E-state index is 12.2. The first-order chi connectivity index (χ1) is 11.6. The molecule has 1 heterocycles. The molecule has 3 aromatic rings. The van der Waals surface area contributed by atoms with Crippen molar-refractivity contribution in [3.63, 3.8) is 0 Å². The number of amides is 1. The van der Waals surface area contributed by atoms with Gasteiger partial charge < -0.3 is 14.6 Å². The number of aryl methyl sites for hydroxylation is 1. The fourth-order valence-electron chi connectivity index (χ4n) is 2.64. The van der Waals surface area contributed by atoms with Gasteiger partial charge in [0, 0.05) is 30.7 Å². The fourth-order valence-corrected chi connectivity index (χ4v) is 2.64. The average molecular weight is 322 g/mol. The van der Waals surface area contributed by atoms with Gasteiger partial charge in [-0.2, -0.15) is 0 Å². The molecular formula is C20H22N2O2. The monoisotopic (exact) mass is 322 g/mol. The molecular weight excluding hydrogens is 300 g/mol. The molecule has 1 aromatic heterocycles. The molecule has 0 spiro atoms. The highest BCUT2D eigenvalue weighted by atomic mass is 16.5. The first-order valence-corrected chi connectivity index (χ1v) is 8.12. The van der Waals surface area contributed by atoms with Crippen LogP contribution in [0.4, 0.5) is 0 Å². The lowest BCUT2D eigenvalue weighted by atomic mass is 10.1. The number of hydrogen-bond donors (Lipinski definition) is 1. The van der Waals surface area contributed by atoms with Gasteiger partial charge >= 0.3 is 0 Å². The van der Waals surface area contributed by atoms with Crippen LogP contribution in [-0.4, -0.2) is 36.0 Å². The molecule has 0 aliphatic carbocycles. The number of hydrogen-bond acceptors (Lipinski definition) is 2. The van der Waals surface area contributed by atoms with Gasteiger partial charge in [0.1, 0.15) is 5.75 Å². The van der Waals surface area contributed by atoms with E-state index in [-0.39, 0.29) is 12.5 Å². The van der Waals surface area contributed by atoms with Crippen molar-refractivity contribution in [1.82, 2.24) is 9.88 Å². The molecule has 2 aromatic carbocycles. The predicted molar refractivity (Wildman–Crippen MR) is 96.3 cm³/mol. The van der Waals surface area contributed by atoms with Crippen LogP contribution in [0.2, 0.25) is 0 Å². The topological polar surface area (TPSA) is 45.3 Å². The van der Waals surface area contributed by atoms with Crippen molar-refractivity contribution in [1.29, 1.82) is 0 Å². The molecule has 0 bridgehead atoms. The highest BCUT2D eigenvalue weighted by Crippen LogP contribution is 2.18. The SMILES string of the molecule is Cc1ccc(OCC(=O)N(C)CCc2c[nH]c3ccccc23)cc1. The number of likely N-dealkylation sites (N-methyl/N-ethyl adjacent to an activating group) is 1. The van der Waals surface area contributed by atoms with Crippen LogP contribution in [0.3, 0.4) is 0 Å². The zero-order valence-electron chi connectivity index (χ0n) is 14.1. The second-order valence-corrected chi connectivity index (χ2v) is 6.03. The van der Waals surface area contributed by atoms with Crippen molar-refractivity contribution in [2.45, 2.75) is 13.3 Å². The van der Waals surface area contributed by atoms with E-state index in [2.05, 4.69) is 17.1 Å². The minimum absolute atomic E-state index is 0.0181. The van der Waals surface area contributed by atoms with Gasteiger partial charge in [0.15, 0.2) is 6.61 Å². The number of fused-ring (bicyclic) bond motifs is 1. The molecule has 0 saturated heterocycles. The van der Waals surface area contributed by atoms with E-state index in [9.17, 15) is 4.79 Å². The van der Waals surface area contributed by atoms with E-state index < -0.39 is 0 Å². The van der Waals surface area contributed by atoms with E-state index in [1.165, 1.54) is 16.5 Å². The zero-order chi connectivity index (χ0) is 16.9. The highest BCUT2D eigenvalue weighted by Gasteiger charge is 2.11. The molecule has 0 atom stereocenters. The summed E-state index contributed by atoms with van der Waals surface area (Å²) in [6, 6.07) is 15.9. The molecule has 4 nitrogen and oxygen atoms in total. The van der Waals surface area contributed by atoms with Gasteiger partial charge in [0.05, 0.1) is 0 Å². The van der Waals surface area contributed by atoms with Crippen LogP contribution in [0, 0.1) is 6.92 Å². The Morgan fingerprint density at radius 3 is 2.67 bits per heavy atom. The van der Waals surface area contributed by atoms with Crippen LogP contribution in [-0.2, 0) is 11.2 Å². The maximum atomic E-state index is 12.2. The number of H-pyrrole nitrogens is 1. The van der Waals surface area contributed by atoms with Gasteiger partial charge in [-0.3, -0.25) is 4.79 Å². The van der Waals surface area contributed by atoms with Crippen LogP contribution >= 0.6 is 0 Å². The summed E-state index contributed by atoms with van der Waals surface area (Å²) in [4.78, 5) is 17.2. The van der Waals surface area contributed by atoms with Crippen LogP contribution in [0.5, 0.6) is 5.75 Å². The zero-order valence-corrected chi connectivity index (χ0v) is 14.1. The molecule has 124 valence electrons. The number of aromatic nitrogens is 1. The number of aromatic amines is 1. The molecule has 1 amide bonds. The molecule has 4 heteroatoms.